The molecule has 0 aliphatic carbocycles. The fourth-order valence-electron chi connectivity index (χ4n) is 1.40. The van der Waals surface area contributed by atoms with E-state index in [1.165, 1.54) is 0 Å². The van der Waals surface area contributed by atoms with Gasteiger partial charge in [0, 0.05) is 24.8 Å². The summed E-state index contributed by atoms with van der Waals surface area (Å²) in [5.74, 6) is 0.764. The van der Waals surface area contributed by atoms with Gasteiger partial charge >= 0.3 is 0 Å². The summed E-state index contributed by atoms with van der Waals surface area (Å²) in [5.41, 5.74) is 7.68. The molecular weight excluding hydrogens is 200 g/mol. The van der Waals surface area contributed by atoms with Crippen LogP contribution in [0.5, 0.6) is 5.75 Å². The minimum absolute atomic E-state index is 0.141. The van der Waals surface area contributed by atoms with Crippen molar-refractivity contribution in [2.24, 2.45) is 0 Å². The van der Waals surface area contributed by atoms with Crippen LogP contribution in [0.15, 0.2) is 18.2 Å². The van der Waals surface area contributed by atoms with Gasteiger partial charge in [0.2, 0.25) is 0 Å². The van der Waals surface area contributed by atoms with Crippen molar-refractivity contribution in [1.29, 1.82) is 0 Å². The number of rotatable bonds is 4. The average Bonchev–Trinajstić information content (AvgIpc) is 2.19. The summed E-state index contributed by atoms with van der Waals surface area (Å²) in [6.45, 7) is 8.30. The molecule has 0 atom stereocenters. The number of nitrogens with zero attached hydrogens (tertiary/aromatic N) is 1. The average molecular weight is 222 g/mol. The topological polar surface area (TPSA) is 38.5 Å². The SMILES string of the molecule is CC(C)Oc1cc(N(C)C(C)C)ccc1N. The fraction of sp³-hybridized carbons (Fsp3) is 0.538. The third kappa shape index (κ3) is 3.05. The predicted molar refractivity (Wildman–Crippen MR) is 70.2 cm³/mol. The highest BCUT2D eigenvalue weighted by Gasteiger charge is 2.09. The Labute approximate surface area is 98.2 Å². The second kappa shape index (κ2) is 5.10. The van der Waals surface area contributed by atoms with E-state index in [4.69, 9.17) is 10.5 Å². The number of hydrogen-bond donors (Lipinski definition) is 1. The van der Waals surface area contributed by atoms with Crippen LogP contribution in [0.4, 0.5) is 11.4 Å². The van der Waals surface area contributed by atoms with Crippen LogP contribution in [-0.4, -0.2) is 19.2 Å². The van der Waals surface area contributed by atoms with E-state index in [0.717, 1.165) is 11.4 Å². The number of benzene rings is 1. The lowest BCUT2D eigenvalue weighted by molar-refractivity contribution is 0.244. The minimum atomic E-state index is 0.141. The predicted octanol–water partition coefficient (Wildman–Crippen LogP) is 2.90. The summed E-state index contributed by atoms with van der Waals surface area (Å²) < 4.78 is 5.66. The number of ether oxygens (including phenoxy) is 1. The molecule has 0 heterocycles. The molecule has 0 aliphatic rings. The highest BCUT2D eigenvalue weighted by Crippen LogP contribution is 2.28. The first-order valence-corrected chi connectivity index (χ1v) is 5.70. The third-order valence-electron chi connectivity index (χ3n) is 2.54. The molecule has 90 valence electrons. The molecule has 0 saturated carbocycles. The van der Waals surface area contributed by atoms with Crippen molar-refractivity contribution in [3.8, 4) is 5.75 Å². The van der Waals surface area contributed by atoms with Crippen molar-refractivity contribution in [3.05, 3.63) is 18.2 Å². The second-order valence-corrected chi connectivity index (χ2v) is 4.59. The van der Waals surface area contributed by atoms with Gasteiger partial charge in [-0.2, -0.15) is 0 Å². The molecule has 0 spiro atoms. The van der Waals surface area contributed by atoms with Crippen LogP contribution < -0.4 is 15.4 Å². The zero-order chi connectivity index (χ0) is 12.3. The highest BCUT2D eigenvalue weighted by molar-refractivity contribution is 5.62. The first-order valence-electron chi connectivity index (χ1n) is 5.70. The molecule has 0 amide bonds. The maximum atomic E-state index is 5.87. The maximum absolute atomic E-state index is 5.87. The minimum Gasteiger partial charge on any atom is -0.489 e. The highest BCUT2D eigenvalue weighted by atomic mass is 16.5. The number of nitrogen functional groups attached to an aromatic ring is 1. The molecule has 0 radical (unpaired) electrons. The molecule has 0 fully saturated rings. The molecule has 0 aromatic heterocycles. The summed E-state index contributed by atoms with van der Waals surface area (Å²) >= 11 is 0. The molecule has 0 unspecified atom stereocenters. The van der Waals surface area contributed by atoms with E-state index >= 15 is 0 Å². The van der Waals surface area contributed by atoms with Gasteiger partial charge in [0.1, 0.15) is 5.75 Å². The first-order chi connectivity index (χ1) is 7.41. The van der Waals surface area contributed by atoms with Gasteiger partial charge in [-0.15, -0.1) is 0 Å². The lowest BCUT2D eigenvalue weighted by Crippen LogP contribution is -2.25. The van der Waals surface area contributed by atoms with E-state index in [0.29, 0.717) is 11.7 Å². The monoisotopic (exact) mass is 222 g/mol. The van der Waals surface area contributed by atoms with Crippen molar-refractivity contribution in [2.45, 2.75) is 39.8 Å². The molecular formula is C13H22N2O. The molecule has 2 N–H and O–H groups in total. The Morgan fingerprint density at radius 2 is 1.81 bits per heavy atom. The van der Waals surface area contributed by atoms with Crippen molar-refractivity contribution in [1.82, 2.24) is 0 Å². The summed E-state index contributed by atoms with van der Waals surface area (Å²) in [5, 5.41) is 0. The smallest absolute Gasteiger partial charge is 0.144 e. The molecule has 3 heteroatoms. The molecule has 3 nitrogen and oxygen atoms in total. The van der Waals surface area contributed by atoms with Gasteiger partial charge in [-0.1, -0.05) is 0 Å². The Kier molecular flexibility index (Phi) is 4.05. The van der Waals surface area contributed by atoms with Gasteiger partial charge in [0.05, 0.1) is 11.8 Å². The zero-order valence-electron chi connectivity index (χ0n) is 10.8. The van der Waals surface area contributed by atoms with Crippen LogP contribution in [-0.2, 0) is 0 Å². The summed E-state index contributed by atoms with van der Waals surface area (Å²) in [6, 6.07) is 6.36. The Morgan fingerprint density at radius 3 is 2.31 bits per heavy atom. The van der Waals surface area contributed by atoms with E-state index in [1.807, 2.05) is 32.0 Å². The lowest BCUT2D eigenvalue weighted by Gasteiger charge is -2.25. The van der Waals surface area contributed by atoms with Crippen LogP contribution in [0.2, 0.25) is 0 Å². The maximum Gasteiger partial charge on any atom is 0.144 e. The molecule has 1 aromatic rings. The van der Waals surface area contributed by atoms with Crippen molar-refractivity contribution in [2.75, 3.05) is 17.7 Å². The van der Waals surface area contributed by atoms with Gasteiger partial charge in [0.25, 0.3) is 0 Å². The summed E-state index contributed by atoms with van der Waals surface area (Å²) in [7, 11) is 2.06. The Morgan fingerprint density at radius 1 is 1.19 bits per heavy atom. The Balaban J connectivity index is 2.97. The normalized spacial score (nSPS) is 10.9. The van der Waals surface area contributed by atoms with Gasteiger partial charge < -0.3 is 15.4 Å². The zero-order valence-corrected chi connectivity index (χ0v) is 10.8. The summed E-state index contributed by atoms with van der Waals surface area (Å²) in [6.07, 6.45) is 0.141. The van der Waals surface area contributed by atoms with Crippen LogP contribution in [0, 0.1) is 0 Å². The van der Waals surface area contributed by atoms with Crippen molar-refractivity contribution < 1.29 is 4.74 Å². The van der Waals surface area contributed by atoms with Gasteiger partial charge in [0.15, 0.2) is 0 Å². The molecule has 0 bridgehead atoms. The quantitative estimate of drug-likeness (QED) is 0.796. The van der Waals surface area contributed by atoms with Gasteiger partial charge in [-0.3, -0.25) is 0 Å². The van der Waals surface area contributed by atoms with E-state index in [2.05, 4.69) is 25.8 Å². The van der Waals surface area contributed by atoms with E-state index in [-0.39, 0.29) is 6.10 Å². The largest absolute Gasteiger partial charge is 0.489 e. The molecule has 0 saturated heterocycles. The van der Waals surface area contributed by atoms with Gasteiger partial charge in [-0.25, -0.2) is 0 Å². The number of nitrogens with two attached hydrogens (primary N) is 1. The molecule has 16 heavy (non-hydrogen) atoms. The third-order valence-corrected chi connectivity index (χ3v) is 2.54. The molecule has 1 aromatic carbocycles. The Hall–Kier alpha value is -1.38. The van der Waals surface area contributed by atoms with Crippen LogP contribution >= 0.6 is 0 Å². The fourth-order valence-corrected chi connectivity index (χ4v) is 1.40. The standard InChI is InChI=1S/C13H22N2O/c1-9(2)15(5)11-6-7-12(14)13(8-11)16-10(3)4/h6-10H,14H2,1-5H3. The van der Waals surface area contributed by atoms with Crippen LogP contribution in [0.1, 0.15) is 27.7 Å². The second-order valence-electron chi connectivity index (χ2n) is 4.59. The van der Waals surface area contributed by atoms with E-state index in [1.54, 1.807) is 0 Å². The van der Waals surface area contributed by atoms with E-state index < -0.39 is 0 Å². The molecule has 1 rings (SSSR count). The number of anilines is 2. The van der Waals surface area contributed by atoms with Crippen LogP contribution in [0.25, 0.3) is 0 Å². The first kappa shape index (κ1) is 12.7. The van der Waals surface area contributed by atoms with Crippen molar-refractivity contribution in [3.63, 3.8) is 0 Å². The summed E-state index contributed by atoms with van der Waals surface area (Å²) in [4.78, 5) is 2.19. The lowest BCUT2D eigenvalue weighted by atomic mass is 10.2. The molecule has 0 aliphatic heterocycles. The van der Waals surface area contributed by atoms with Gasteiger partial charge in [-0.05, 0) is 39.8 Å². The Bertz CT molecular complexity index is 348. The van der Waals surface area contributed by atoms with E-state index in [9.17, 15) is 0 Å². The number of hydrogen-bond acceptors (Lipinski definition) is 3. The van der Waals surface area contributed by atoms with Crippen molar-refractivity contribution >= 4 is 11.4 Å². The van der Waals surface area contributed by atoms with Crippen LogP contribution in [0.3, 0.4) is 0 Å².